The molecule has 0 fully saturated rings. The Morgan fingerprint density at radius 1 is 0.333 bits per heavy atom. The van der Waals surface area contributed by atoms with Gasteiger partial charge in [-0.25, -0.2) is 0 Å². The quantitative estimate of drug-likeness (QED) is 0.128. The zero-order chi connectivity index (χ0) is 27.1. The van der Waals surface area contributed by atoms with Crippen molar-refractivity contribution >= 4 is 59.7 Å². The van der Waals surface area contributed by atoms with Gasteiger partial charge in [-0.2, -0.15) is 0 Å². The van der Waals surface area contributed by atoms with Crippen LogP contribution < -0.4 is 26.5 Å². The van der Waals surface area contributed by atoms with Gasteiger partial charge in [0.15, 0.2) is 0 Å². The number of rotatable bonds is 11. The van der Waals surface area contributed by atoms with Crippen molar-refractivity contribution in [2.75, 3.05) is 24.6 Å². The van der Waals surface area contributed by atoms with Gasteiger partial charge in [-0.3, -0.25) is 0 Å². The Kier molecular flexibility index (Phi) is 13.4. The molecule has 5 heteroatoms. The first-order valence-electron chi connectivity index (χ1n) is 13.3. The second-order valence-corrected chi connectivity index (χ2v) is 17.4. The molecule has 0 unspecified atom stereocenters. The van der Waals surface area contributed by atoms with Crippen LogP contribution in [0, 0.1) is 0 Å². The molecular weight excluding hydrogens is 732 g/mol. The molecule has 0 aliphatic carbocycles. The van der Waals surface area contributed by atoms with Crippen molar-refractivity contribution in [3.63, 3.8) is 0 Å². The molecule has 200 valence electrons. The number of halogens is 1. The van der Waals surface area contributed by atoms with Crippen LogP contribution in [0.3, 0.4) is 0 Å². The minimum absolute atomic E-state index is 0.689. The summed E-state index contributed by atoms with van der Waals surface area (Å²) in [5.74, 6) is 0. The van der Waals surface area contributed by atoms with E-state index in [4.69, 9.17) is 0 Å². The summed E-state index contributed by atoms with van der Waals surface area (Å²) >= 11 is 1.61. The average Bonchev–Trinajstić information content (AvgIpc) is 3.04. The molecule has 0 spiro atoms. The Hall–Kier alpha value is -1.63. The Bertz CT molecular complexity index is 1160. The first-order chi connectivity index (χ1) is 19.4. The normalized spacial score (nSPS) is 10.9. The topological polar surface area (TPSA) is 0 Å². The van der Waals surface area contributed by atoms with Gasteiger partial charge in [0.25, 0.3) is 0 Å². The largest absolute Gasteiger partial charge is 0.100 e. The molecule has 0 saturated heterocycles. The summed E-state index contributed by atoms with van der Waals surface area (Å²) < 4.78 is 0. The van der Waals surface area contributed by atoms with E-state index in [2.05, 4.69) is 161 Å². The fourth-order valence-corrected chi connectivity index (χ4v) is 15.2. The van der Waals surface area contributed by atoms with E-state index < -0.39 is 23.8 Å². The molecule has 0 saturated carbocycles. The van der Waals surface area contributed by atoms with E-state index >= 15 is 0 Å². The van der Waals surface area contributed by atoms with Crippen molar-refractivity contribution < 1.29 is 18.8 Å². The monoisotopic (exact) mass is 767 g/mol. The van der Waals surface area contributed by atoms with Crippen molar-refractivity contribution in [1.82, 2.24) is 0 Å². The van der Waals surface area contributed by atoms with E-state index in [1.54, 1.807) is 24.1 Å². The van der Waals surface area contributed by atoms with Gasteiger partial charge in [0, 0.05) is 7.92 Å². The minimum Gasteiger partial charge on any atom is -0.0620 e. The first kappa shape index (κ1) is 30.3. The fourth-order valence-electron chi connectivity index (χ4n) is 5.11. The molecule has 0 atom stereocenters. The summed E-state index contributed by atoms with van der Waals surface area (Å²) in [4.78, 5) is 0. The third-order valence-electron chi connectivity index (χ3n) is 7.02. The van der Waals surface area contributed by atoms with Gasteiger partial charge < -0.3 is 0 Å². The molecule has 39 heavy (non-hydrogen) atoms. The summed E-state index contributed by atoms with van der Waals surface area (Å²) in [6.45, 7) is 0. The second kappa shape index (κ2) is 17.2. The van der Waals surface area contributed by atoms with Crippen LogP contribution in [-0.2, 0) is 18.8 Å². The molecular formula is C34H36ClP3Pt+4. The third kappa shape index (κ3) is 9.19. The Balaban J connectivity index is 0.00000172. The number of benzene rings is 5. The zero-order valence-corrected chi connectivity index (χ0v) is 28.0. The van der Waals surface area contributed by atoms with Crippen LogP contribution in [0.2, 0.25) is 0 Å². The molecule has 0 aliphatic rings. The standard InChI is InChI=1S/C34H33P3.ClH.Pt/c1-6-16-30(17-7-1)35(26-28-36(31-18-8-2-9-19-31)32-20-10-3-11-21-32)27-29-37(33-22-12-4-13-23-33)34-24-14-5-15-25-34;;/h1-25H,26-29H2;1H;/q;;+2/p+2. The molecule has 0 N–H and O–H groups in total. The maximum absolute atomic E-state index is 4.61. The predicted molar refractivity (Wildman–Crippen MR) is 181 cm³/mol. The van der Waals surface area contributed by atoms with Gasteiger partial charge in [-0.05, 0) is 60.7 Å². The number of hydrogen-bond donors (Lipinski definition) is 0. The Labute approximate surface area is 253 Å². The minimum atomic E-state index is -0.809. The maximum atomic E-state index is 4.61. The summed E-state index contributed by atoms with van der Waals surface area (Å²) in [7, 11) is 2.30. The van der Waals surface area contributed by atoms with Gasteiger partial charge in [0.1, 0.15) is 12.3 Å². The smallest absolute Gasteiger partial charge is 0.0620 e. The van der Waals surface area contributed by atoms with Crippen LogP contribution in [-0.4, -0.2) is 24.6 Å². The van der Waals surface area contributed by atoms with E-state index in [0.717, 1.165) is 0 Å². The first-order valence-corrected chi connectivity index (χ1v) is 21.5. The summed E-state index contributed by atoms with van der Waals surface area (Å²) in [6, 6.07) is 56.5. The van der Waals surface area contributed by atoms with E-state index in [1.165, 1.54) is 45.9 Å². The molecule has 0 heterocycles. The average molecular weight is 768 g/mol. The van der Waals surface area contributed by atoms with E-state index in [-0.39, 0.29) is 0 Å². The van der Waals surface area contributed by atoms with Gasteiger partial charge in [0.2, 0.25) is 0 Å². The van der Waals surface area contributed by atoms with Crippen molar-refractivity contribution in [2.45, 2.75) is 0 Å². The Morgan fingerprint density at radius 2 is 0.564 bits per heavy atom. The molecule has 5 aromatic carbocycles. The van der Waals surface area contributed by atoms with E-state index in [9.17, 15) is 0 Å². The summed E-state index contributed by atoms with van der Waals surface area (Å²) in [5.41, 5.74) is 0. The van der Waals surface area contributed by atoms with Gasteiger partial charge in [0.05, 0.1) is 54.7 Å². The molecule has 5 aromatic rings. The fraction of sp³-hybridized carbons (Fsp3) is 0.118. The van der Waals surface area contributed by atoms with Crippen molar-refractivity contribution in [1.29, 1.82) is 0 Å². The molecule has 0 amide bonds. The van der Waals surface area contributed by atoms with E-state index in [0.29, 0.717) is 0 Å². The Morgan fingerprint density at radius 3 is 0.821 bits per heavy atom. The molecule has 5 rings (SSSR count). The van der Waals surface area contributed by atoms with Crippen LogP contribution in [0.25, 0.3) is 0 Å². The van der Waals surface area contributed by atoms with Crippen LogP contribution >= 0.6 is 33.2 Å². The van der Waals surface area contributed by atoms with Gasteiger partial charge in [-0.15, -0.1) is 0 Å². The van der Waals surface area contributed by atoms with Crippen LogP contribution in [0.4, 0.5) is 0 Å². The SMILES string of the molecule is [Cl][Pt+].c1ccc([PH+](CC[PH+](c2ccccc2)c2ccccc2)CC[PH+](c2ccccc2)c2ccccc2)cc1. The zero-order valence-electron chi connectivity index (χ0n) is 22.0. The van der Waals surface area contributed by atoms with Gasteiger partial charge in [-0.1, -0.05) is 91.0 Å². The molecule has 0 radical (unpaired) electrons. The number of hydrogen-bond acceptors (Lipinski definition) is 0. The molecule has 0 bridgehead atoms. The van der Waals surface area contributed by atoms with E-state index in [1.807, 2.05) is 0 Å². The van der Waals surface area contributed by atoms with Crippen LogP contribution in [0.5, 0.6) is 0 Å². The second-order valence-electron chi connectivity index (χ2n) is 9.39. The van der Waals surface area contributed by atoms with Crippen LogP contribution in [0.15, 0.2) is 152 Å². The maximum Gasteiger partial charge on any atom is 0.100 e. The molecule has 0 aliphatic heterocycles. The van der Waals surface area contributed by atoms with Crippen molar-refractivity contribution in [2.24, 2.45) is 0 Å². The summed E-state index contributed by atoms with van der Waals surface area (Å²) in [5, 5.41) is 7.73. The molecule has 0 nitrogen and oxygen atoms in total. The van der Waals surface area contributed by atoms with Gasteiger partial charge >= 0.3 is 28.2 Å². The van der Waals surface area contributed by atoms with Crippen LogP contribution in [0.1, 0.15) is 0 Å². The third-order valence-corrected chi connectivity index (χ3v) is 16.5. The summed E-state index contributed by atoms with van der Waals surface area (Å²) in [6.07, 6.45) is 5.23. The van der Waals surface area contributed by atoms with Crippen molar-refractivity contribution in [3.05, 3.63) is 152 Å². The molecule has 0 aromatic heterocycles. The van der Waals surface area contributed by atoms with Crippen molar-refractivity contribution in [3.8, 4) is 0 Å². The predicted octanol–water partition coefficient (Wildman–Crippen LogP) is 6.94.